The zero-order valence-corrected chi connectivity index (χ0v) is 11.2. The topological polar surface area (TPSA) is 55.1 Å². The van der Waals surface area contributed by atoms with Gasteiger partial charge in [-0.3, -0.25) is 0 Å². The number of benzene rings is 1. The third kappa shape index (κ3) is 2.09. The van der Waals surface area contributed by atoms with E-state index in [2.05, 4.69) is 5.10 Å². The lowest BCUT2D eigenvalue weighted by Crippen LogP contribution is -2.08. The highest BCUT2D eigenvalue weighted by Crippen LogP contribution is 2.27. The van der Waals surface area contributed by atoms with Gasteiger partial charge in [-0.2, -0.15) is 5.10 Å². The maximum atomic E-state index is 13.6. The third-order valence-corrected chi connectivity index (χ3v) is 3.65. The molecule has 1 aliphatic carbocycles. The van der Waals surface area contributed by atoms with Gasteiger partial charge in [0.15, 0.2) is 5.69 Å². The fraction of sp³-hybridized carbons (Fsp3) is 0.333. The summed E-state index contributed by atoms with van der Waals surface area (Å²) in [6.07, 6.45) is 3.49. The molecule has 0 bridgehead atoms. The van der Waals surface area contributed by atoms with Gasteiger partial charge in [0.2, 0.25) is 0 Å². The zero-order valence-electron chi connectivity index (χ0n) is 11.2. The zero-order chi connectivity index (χ0) is 14.3. The van der Waals surface area contributed by atoms with Crippen molar-refractivity contribution >= 4 is 5.97 Å². The Labute approximate surface area is 115 Å². The van der Waals surface area contributed by atoms with E-state index in [-0.39, 0.29) is 11.5 Å². The van der Waals surface area contributed by atoms with Crippen LogP contribution in [0.4, 0.5) is 4.39 Å². The number of aryl methyl sites for hydroxylation is 1. The first-order valence-corrected chi connectivity index (χ1v) is 6.68. The van der Waals surface area contributed by atoms with Crippen LogP contribution >= 0.6 is 0 Å². The van der Waals surface area contributed by atoms with E-state index < -0.39 is 5.97 Å². The molecule has 0 saturated carbocycles. The average Bonchev–Trinajstić information content (AvgIpc) is 2.77. The largest absolute Gasteiger partial charge is 0.476 e. The number of carboxylic acid groups (broad SMARTS) is 1. The van der Waals surface area contributed by atoms with E-state index >= 15 is 0 Å². The molecule has 0 unspecified atom stereocenters. The number of aromatic carboxylic acids is 1. The Morgan fingerprint density at radius 1 is 1.30 bits per heavy atom. The van der Waals surface area contributed by atoms with Crippen molar-refractivity contribution in [1.82, 2.24) is 9.78 Å². The van der Waals surface area contributed by atoms with Gasteiger partial charge in [-0.05, 0) is 56.4 Å². The van der Waals surface area contributed by atoms with Crippen LogP contribution < -0.4 is 0 Å². The molecule has 0 aliphatic heterocycles. The molecule has 20 heavy (non-hydrogen) atoms. The van der Waals surface area contributed by atoms with Crippen LogP contribution in [0.25, 0.3) is 5.69 Å². The van der Waals surface area contributed by atoms with Gasteiger partial charge >= 0.3 is 5.97 Å². The molecule has 4 nitrogen and oxygen atoms in total. The van der Waals surface area contributed by atoms with Crippen molar-refractivity contribution in [1.29, 1.82) is 0 Å². The Morgan fingerprint density at radius 2 is 2.05 bits per heavy atom. The molecule has 1 aliphatic rings. The van der Waals surface area contributed by atoms with Crippen LogP contribution in [0.2, 0.25) is 0 Å². The Kier molecular flexibility index (Phi) is 3.04. The molecule has 104 valence electrons. The van der Waals surface area contributed by atoms with E-state index in [1.165, 1.54) is 12.1 Å². The molecule has 0 amide bonds. The number of hydrogen-bond acceptors (Lipinski definition) is 2. The van der Waals surface area contributed by atoms with Gasteiger partial charge < -0.3 is 5.11 Å². The van der Waals surface area contributed by atoms with Crippen LogP contribution in [0.15, 0.2) is 18.2 Å². The number of halogens is 1. The number of carboxylic acids is 1. The van der Waals surface area contributed by atoms with E-state index in [1.807, 2.05) is 6.07 Å². The number of nitrogens with zero attached hydrogens (tertiary/aromatic N) is 2. The normalized spacial score (nSPS) is 14.1. The van der Waals surface area contributed by atoms with E-state index in [1.54, 1.807) is 11.6 Å². The Morgan fingerprint density at radius 3 is 2.75 bits per heavy atom. The molecule has 1 aromatic carbocycles. The van der Waals surface area contributed by atoms with Gasteiger partial charge in [-0.25, -0.2) is 13.9 Å². The summed E-state index contributed by atoms with van der Waals surface area (Å²) < 4.78 is 15.1. The second-order valence-corrected chi connectivity index (χ2v) is 5.18. The van der Waals surface area contributed by atoms with Crippen molar-refractivity contribution in [3.05, 3.63) is 46.5 Å². The highest BCUT2D eigenvalue weighted by molar-refractivity contribution is 5.87. The van der Waals surface area contributed by atoms with Crippen molar-refractivity contribution < 1.29 is 14.3 Å². The molecule has 1 heterocycles. The Hall–Kier alpha value is -2.17. The third-order valence-electron chi connectivity index (χ3n) is 3.65. The molecule has 2 aromatic rings. The average molecular weight is 274 g/mol. The van der Waals surface area contributed by atoms with Crippen LogP contribution in [0.1, 0.15) is 40.2 Å². The van der Waals surface area contributed by atoms with Crippen molar-refractivity contribution in [2.45, 2.75) is 32.6 Å². The predicted molar refractivity (Wildman–Crippen MR) is 71.9 cm³/mol. The summed E-state index contributed by atoms with van der Waals surface area (Å²) in [7, 11) is 0. The first-order valence-electron chi connectivity index (χ1n) is 6.68. The lowest BCUT2D eigenvalue weighted by molar-refractivity contribution is 0.0688. The molecular formula is C15H15FN2O2. The lowest BCUT2D eigenvalue weighted by atomic mass is 9.95. The lowest BCUT2D eigenvalue weighted by Gasteiger charge is -2.14. The quantitative estimate of drug-likeness (QED) is 0.916. The number of fused-ring (bicyclic) bond motifs is 1. The molecule has 0 atom stereocenters. The maximum Gasteiger partial charge on any atom is 0.356 e. The minimum absolute atomic E-state index is 0.0987. The Bertz CT molecular complexity index is 671. The first-order chi connectivity index (χ1) is 9.56. The summed E-state index contributed by atoms with van der Waals surface area (Å²) in [5.41, 5.74) is 3.18. The predicted octanol–water partition coefficient (Wildman–Crippen LogP) is 2.90. The summed E-state index contributed by atoms with van der Waals surface area (Å²) in [5, 5.41) is 13.5. The minimum atomic E-state index is -1.02. The second-order valence-electron chi connectivity index (χ2n) is 5.18. The van der Waals surface area contributed by atoms with Gasteiger partial charge in [0, 0.05) is 11.3 Å². The molecule has 3 rings (SSSR count). The summed E-state index contributed by atoms with van der Waals surface area (Å²) in [6.45, 7) is 1.81. The summed E-state index contributed by atoms with van der Waals surface area (Å²) >= 11 is 0. The molecule has 0 spiro atoms. The molecule has 1 aromatic heterocycles. The van der Waals surface area contributed by atoms with Crippen molar-refractivity contribution in [3.8, 4) is 5.69 Å². The number of aromatic nitrogens is 2. The maximum absolute atomic E-state index is 13.6. The van der Waals surface area contributed by atoms with Crippen molar-refractivity contribution in [2.24, 2.45) is 0 Å². The van der Waals surface area contributed by atoms with Crippen molar-refractivity contribution in [2.75, 3.05) is 0 Å². The smallest absolute Gasteiger partial charge is 0.356 e. The first kappa shape index (κ1) is 12.8. The Balaban J connectivity index is 2.20. The van der Waals surface area contributed by atoms with Crippen molar-refractivity contribution in [3.63, 3.8) is 0 Å². The van der Waals surface area contributed by atoms with Gasteiger partial charge in [-0.15, -0.1) is 0 Å². The van der Waals surface area contributed by atoms with E-state index in [0.717, 1.165) is 42.5 Å². The fourth-order valence-corrected chi connectivity index (χ4v) is 2.82. The van der Waals surface area contributed by atoms with Gasteiger partial charge in [0.25, 0.3) is 0 Å². The monoisotopic (exact) mass is 274 g/mol. The number of hydrogen-bond donors (Lipinski definition) is 1. The number of rotatable bonds is 2. The minimum Gasteiger partial charge on any atom is -0.476 e. The van der Waals surface area contributed by atoms with E-state index in [0.29, 0.717) is 5.69 Å². The molecule has 1 N–H and O–H groups in total. The number of carbonyl (C=O) groups is 1. The molecular weight excluding hydrogens is 259 g/mol. The highest BCUT2D eigenvalue weighted by Gasteiger charge is 2.25. The highest BCUT2D eigenvalue weighted by atomic mass is 19.1. The molecule has 0 saturated heterocycles. The van der Waals surface area contributed by atoms with Gasteiger partial charge in [-0.1, -0.05) is 0 Å². The van der Waals surface area contributed by atoms with Crippen LogP contribution in [0.3, 0.4) is 0 Å². The van der Waals surface area contributed by atoms with Gasteiger partial charge in [0.05, 0.1) is 5.69 Å². The van der Waals surface area contributed by atoms with Crippen LogP contribution in [0, 0.1) is 12.7 Å². The summed E-state index contributed by atoms with van der Waals surface area (Å²) in [6, 6.07) is 4.65. The van der Waals surface area contributed by atoms with Crippen LogP contribution in [-0.4, -0.2) is 20.9 Å². The standard InChI is InChI=1S/C15H15FN2O2/c1-9-6-10(16)8-11(7-9)18-13-5-3-2-4-12(13)14(17-18)15(19)20/h6-8H,2-5H2,1H3,(H,19,20). The molecule has 0 fully saturated rings. The summed E-state index contributed by atoms with van der Waals surface area (Å²) in [4.78, 5) is 11.3. The van der Waals surface area contributed by atoms with Gasteiger partial charge in [0.1, 0.15) is 5.82 Å². The van der Waals surface area contributed by atoms with E-state index in [9.17, 15) is 14.3 Å². The summed E-state index contributed by atoms with van der Waals surface area (Å²) in [5.74, 6) is -1.35. The molecule has 0 radical (unpaired) electrons. The SMILES string of the molecule is Cc1cc(F)cc(-n2nc(C(=O)O)c3c2CCCC3)c1. The fourth-order valence-electron chi connectivity index (χ4n) is 2.82. The van der Waals surface area contributed by atoms with Crippen LogP contribution in [-0.2, 0) is 12.8 Å². The molecule has 5 heteroatoms. The second kappa shape index (κ2) is 4.74. The van der Waals surface area contributed by atoms with Crippen LogP contribution in [0.5, 0.6) is 0 Å². The van der Waals surface area contributed by atoms with E-state index in [4.69, 9.17) is 0 Å².